The minimum absolute atomic E-state index is 0.0305. The maximum Gasteiger partial charge on any atom is 0.336 e. The van der Waals surface area contributed by atoms with E-state index >= 15 is 0 Å². The zero-order valence-corrected chi connectivity index (χ0v) is 14.9. The predicted octanol–water partition coefficient (Wildman–Crippen LogP) is 2.95. The highest BCUT2D eigenvalue weighted by atomic mass is 32.2. The van der Waals surface area contributed by atoms with Crippen LogP contribution >= 0.6 is 0 Å². The number of rotatable bonds is 4. The number of hydrogen-bond acceptors (Lipinski definition) is 7. The van der Waals surface area contributed by atoms with Gasteiger partial charge in [0.2, 0.25) is 11.7 Å². The van der Waals surface area contributed by atoms with Gasteiger partial charge in [0.05, 0.1) is 10.6 Å². The van der Waals surface area contributed by atoms with E-state index < -0.39 is 15.6 Å². The molecule has 2 aromatic carbocycles. The summed E-state index contributed by atoms with van der Waals surface area (Å²) < 4.78 is 38.2. The number of fused-ring (bicyclic) bond motifs is 1. The Hall–Kier alpha value is -3.46. The lowest BCUT2D eigenvalue weighted by atomic mass is 10.2. The summed E-state index contributed by atoms with van der Waals surface area (Å²) in [7, 11) is -3.89. The largest absolute Gasteiger partial charge is 0.423 e. The fourth-order valence-electron chi connectivity index (χ4n) is 2.60. The molecule has 0 spiro atoms. The number of para-hydroxylation sites is 1. The lowest BCUT2D eigenvalue weighted by Crippen LogP contribution is -2.13. The smallest absolute Gasteiger partial charge is 0.336 e. The van der Waals surface area contributed by atoms with Crippen molar-refractivity contribution in [1.82, 2.24) is 10.1 Å². The average Bonchev–Trinajstić information content (AvgIpc) is 3.07. The maximum atomic E-state index is 12.8. The van der Waals surface area contributed by atoms with Crippen LogP contribution in [0.1, 0.15) is 5.89 Å². The van der Waals surface area contributed by atoms with E-state index in [1.54, 1.807) is 31.2 Å². The molecule has 4 rings (SSSR count). The summed E-state index contributed by atoms with van der Waals surface area (Å²) in [6.45, 7) is 1.65. The highest BCUT2D eigenvalue weighted by Gasteiger charge is 2.19. The molecule has 0 bridgehead atoms. The van der Waals surface area contributed by atoms with E-state index in [2.05, 4.69) is 14.9 Å². The average molecular weight is 383 g/mol. The number of hydrogen-bond donors (Lipinski definition) is 1. The van der Waals surface area contributed by atoms with Gasteiger partial charge in [-0.05, 0) is 36.4 Å². The normalized spacial score (nSPS) is 11.6. The molecule has 136 valence electrons. The quantitative estimate of drug-likeness (QED) is 0.539. The molecule has 0 radical (unpaired) electrons. The number of nitrogens with one attached hydrogen (secondary N) is 1. The first-order valence-electron chi connectivity index (χ1n) is 7.89. The molecule has 1 N–H and O–H groups in total. The number of benzene rings is 2. The monoisotopic (exact) mass is 383 g/mol. The van der Waals surface area contributed by atoms with Crippen LogP contribution in [0.25, 0.3) is 22.4 Å². The van der Waals surface area contributed by atoms with Gasteiger partial charge < -0.3 is 8.94 Å². The SMILES string of the molecule is Cc1nc(-c2ccccc2NS(=O)(=O)c2ccc3oc(=O)ccc3c2)no1. The summed E-state index contributed by atoms with van der Waals surface area (Å²) in [6, 6.07) is 13.7. The van der Waals surface area contributed by atoms with Crippen LogP contribution in [0.15, 0.2) is 73.2 Å². The summed E-state index contributed by atoms with van der Waals surface area (Å²) in [4.78, 5) is 15.4. The van der Waals surface area contributed by atoms with E-state index in [4.69, 9.17) is 8.94 Å². The topological polar surface area (TPSA) is 115 Å². The standard InChI is InChI=1S/C18H13N3O5S/c1-11-19-18(20-26-11)14-4-2-3-5-15(14)21-27(23,24)13-7-8-16-12(10-13)6-9-17(22)25-16/h2-10,21H,1H3. The fraction of sp³-hybridized carbons (Fsp3) is 0.0556. The molecule has 0 saturated heterocycles. The number of anilines is 1. The molecule has 0 fully saturated rings. The lowest BCUT2D eigenvalue weighted by Gasteiger charge is -2.11. The third-order valence-electron chi connectivity index (χ3n) is 3.84. The van der Waals surface area contributed by atoms with Crippen molar-refractivity contribution >= 4 is 26.7 Å². The van der Waals surface area contributed by atoms with Crippen LogP contribution in [0.2, 0.25) is 0 Å². The Labute approximate surface area is 153 Å². The summed E-state index contributed by atoms with van der Waals surface area (Å²) in [6.07, 6.45) is 0. The number of aryl methyl sites for hydroxylation is 1. The molecule has 0 unspecified atom stereocenters. The Morgan fingerprint density at radius 2 is 1.85 bits per heavy atom. The first kappa shape index (κ1) is 17.0. The van der Waals surface area contributed by atoms with Crippen LogP contribution in [0.5, 0.6) is 0 Å². The first-order chi connectivity index (χ1) is 12.9. The van der Waals surface area contributed by atoms with Gasteiger partial charge in [0.15, 0.2) is 0 Å². The molecule has 0 atom stereocenters. The van der Waals surface area contributed by atoms with Crippen molar-refractivity contribution in [2.75, 3.05) is 4.72 Å². The molecule has 0 aliphatic heterocycles. The highest BCUT2D eigenvalue weighted by Crippen LogP contribution is 2.28. The second-order valence-electron chi connectivity index (χ2n) is 5.74. The summed E-state index contributed by atoms with van der Waals surface area (Å²) in [5.41, 5.74) is 0.618. The van der Waals surface area contributed by atoms with E-state index in [-0.39, 0.29) is 10.7 Å². The second kappa shape index (κ2) is 6.36. The van der Waals surface area contributed by atoms with E-state index in [1.807, 2.05) is 0 Å². The maximum absolute atomic E-state index is 12.8. The lowest BCUT2D eigenvalue weighted by molar-refractivity contribution is 0.394. The van der Waals surface area contributed by atoms with Crippen molar-refractivity contribution in [2.24, 2.45) is 0 Å². The van der Waals surface area contributed by atoms with Crippen LogP contribution in [0.4, 0.5) is 5.69 Å². The molecule has 0 aliphatic carbocycles. The minimum Gasteiger partial charge on any atom is -0.423 e. The van der Waals surface area contributed by atoms with E-state index in [0.717, 1.165) is 0 Å². The summed E-state index contributed by atoms with van der Waals surface area (Å²) in [5.74, 6) is 0.657. The van der Waals surface area contributed by atoms with E-state index in [9.17, 15) is 13.2 Å². The number of nitrogens with zero attached hydrogens (tertiary/aromatic N) is 2. The Bertz CT molecular complexity index is 1310. The predicted molar refractivity (Wildman–Crippen MR) is 97.8 cm³/mol. The van der Waals surface area contributed by atoms with Crippen LogP contribution < -0.4 is 10.3 Å². The van der Waals surface area contributed by atoms with Gasteiger partial charge in [-0.15, -0.1) is 0 Å². The van der Waals surface area contributed by atoms with Crippen molar-refractivity contribution in [3.63, 3.8) is 0 Å². The Morgan fingerprint density at radius 3 is 2.63 bits per heavy atom. The fourth-order valence-corrected chi connectivity index (χ4v) is 3.71. The number of sulfonamides is 1. The third-order valence-corrected chi connectivity index (χ3v) is 5.20. The van der Waals surface area contributed by atoms with Crippen LogP contribution in [0.3, 0.4) is 0 Å². The van der Waals surface area contributed by atoms with Gasteiger partial charge in [0.25, 0.3) is 10.0 Å². The molecule has 27 heavy (non-hydrogen) atoms. The van der Waals surface area contributed by atoms with Gasteiger partial charge in [-0.3, -0.25) is 4.72 Å². The highest BCUT2D eigenvalue weighted by molar-refractivity contribution is 7.92. The van der Waals surface area contributed by atoms with E-state index in [0.29, 0.717) is 28.1 Å². The molecule has 0 amide bonds. The Balaban J connectivity index is 1.74. The minimum atomic E-state index is -3.89. The molecule has 0 saturated carbocycles. The third kappa shape index (κ3) is 3.32. The molecule has 0 aliphatic rings. The van der Waals surface area contributed by atoms with Gasteiger partial charge in [-0.2, -0.15) is 4.98 Å². The van der Waals surface area contributed by atoms with Crippen LogP contribution in [-0.2, 0) is 10.0 Å². The van der Waals surface area contributed by atoms with E-state index in [1.165, 1.54) is 30.3 Å². The number of aromatic nitrogens is 2. The Morgan fingerprint density at radius 1 is 1.04 bits per heavy atom. The molecule has 2 heterocycles. The van der Waals surface area contributed by atoms with Crippen LogP contribution in [0, 0.1) is 6.92 Å². The van der Waals surface area contributed by atoms with Crippen LogP contribution in [-0.4, -0.2) is 18.6 Å². The Kier molecular flexibility index (Phi) is 4.00. The van der Waals surface area contributed by atoms with Gasteiger partial charge >= 0.3 is 5.63 Å². The molecule has 9 heteroatoms. The summed E-state index contributed by atoms with van der Waals surface area (Å²) >= 11 is 0. The van der Waals surface area contributed by atoms with Gasteiger partial charge in [0, 0.05) is 23.9 Å². The zero-order valence-electron chi connectivity index (χ0n) is 14.0. The van der Waals surface area contributed by atoms with Gasteiger partial charge in [-0.1, -0.05) is 17.3 Å². The van der Waals surface area contributed by atoms with Gasteiger partial charge in [0.1, 0.15) is 5.58 Å². The molecular weight excluding hydrogens is 370 g/mol. The molecular formula is C18H13N3O5S. The molecule has 8 nitrogen and oxygen atoms in total. The van der Waals surface area contributed by atoms with Crippen molar-refractivity contribution in [1.29, 1.82) is 0 Å². The zero-order chi connectivity index (χ0) is 19.0. The second-order valence-corrected chi connectivity index (χ2v) is 7.42. The van der Waals surface area contributed by atoms with Crippen molar-refractivity contribution in [2.45, 2.75) is 11.8 Å². The first-order valence-corrected chi connectivity index (χ1v) is 9.37. The molecule has 2 aromatic heterocycles. The van der Waals surface area contributed by atoms with Crippen molar-refractivity contribution in [3.8, 4) is 11.4 Å². The van der Waals surface area contributed by atoms with Gasteiger partial charge in [-0.25, -0.2) is 13.2 Å². The summed E-state index contributed by atoms with van der Waals surface area (Å²) in [5, 5.41) is 4.34. The molecule has 4 aromatic rings. The van der Waals surface area contributed by atoms with Crippen molar-refractivity contribution < 1.29 is 17.4 Å². The van der Waals surface area contributed by atoms with Crippen molar-refractivity contribution in [3.05, 3.63) is 70.9 Å².